The zero-order chi connectivity index (χ0) is 52.1. The number of rotatable bonds is 12. The molecule has 18 nitrogen and oxygen atoms in total. The molecule has 0 atom stereocenters. The van der Waals surface area contributed by atoms with Crippen LogP contribution in [0.2, 0.25) is 10.0 Å². The molecular formula is C50H38CaCl2N6O12S2. The molecule has 4 N–H and O–H groups in total. The molecule has 1 amide bonds. The molecule has 0 spiro atoms. The third-order valence-electron chi connectivity index (χ3n) is 10.6. The number of azo groups is 2. The number of aliphatic imine (C=N–C) groups is 1. The first-order chi connectivity index (χ1) is 34.2. The first kappa shape index (κ1) is 55.6. The van der Waals surface area contributed by atoms with E-state index < -0.39 is 53.3 Å². The van der Waals surface area contributed by atoms with Crippen molar-refractivity contribution in [1.82, 2.24) is 0 Å². The number of carbonyl (C=O) groups is 1. The van der Waals surface area contributed by atoms with Crippen LogP contribution >= 0.6 is 23.2 Å². The van der Waals surface area contributed by atoms with Crippen LogP contribution in [-0.4, -0.2) is 94.8 Å². The van der Waals surface area contributed by atoms with Crippen LogP contribution in [0.4, 0.5) is 34.1 Å². The molecule has 0 unspecified atom stereocenters. The van der Waals surface area contributed by atoms with Crippen LogP contribution in [0.3, 0.4) is 0 Å². The van der Waals surface area contributed by atoms with Crippen LogP contribution in [0.5, 0.6) is 23.0 Å². The molecule has 0 fully saturated rings. The van der Waals surface area contributed by atoms with E-state index in [1.165, 1.54) is 64.5 Å². The molecule has 23 heteroatoms. The Hall–Kier alpha value is -6.72. The number of benzene rings is 8. The van der Waals surface area contributed by atoms with Gasteiger partial charge in [-0.2, -0.15) is 32.2 Å². The van der Waals surface area contributed by atoms with Gasteiger partial charge in [0.25, 0.3) is 26.1 Å². The van der Waals surface area contributed by atoms with Gasteiger partial charge in [0, 0.05) is 10.8 Å². The summed E-state index contributed by atoms with van der Waals surface area (Å²) in [6, 6.07) is 35.4. The van der Waals surface area contributed by atoms with E-state index in [0.29, 0.717) is 38.7 Å². The molecule has 73 heavy (non-hydrogen) atoms. The summed E-state index contributed by atoms with van der Waals surface area (Å²) < 4.78 is 75.5. The predicted molar refractivity (Wildman–Crippen MR) is 275 cm³/mol. The largest absolute Gasteiger partial charge is 2.00 e. The van der Waals surface area contributed by atoms with Crippen LogP contribution in [-0.2, 0) is 20.2 Å². The minimum Gasteiger partial charge on any atom is -0.871 e. The van der Waals surface area contributed by atoms with Crippen LogP contribution in [0.1, 0.15) is 27.0 Å². The van der Waals surface area contributed by atoms with Gasteiger partial charge in [0.05, 0.1) is 52.6 Å². The van der Waals surface area contributed by atoms with Crippen molar-refractivity contribution in [1.29, 1.82) is 0 Å². The summed E-state index contributed by atoms with van der Waals surface area (Å²) >= 11 is 12.1. The number of phenols is 1. The second kappa shape index (κ2) is 23.4. The molecule has 0 saturated heterocycles. The van der Waals surface area contributed by atoms with Crippen molar-refractivity contribution < 1.29 is 55.5 Å². The van der Waals surface area contributed by atoms with Gasteiger partial charge in [-0.15, -0.1) is 5.11 Å². The summed E-state index contributed by atoms with van der Waals surface area (Å²) in [6.45, 7) is 2.88. The van der Waals surface area contributed by atoms with Crippen LogP contribution in [0.25, 0.3) is 21.5 Å². The number of hydrogen-bond donors (Lipinski definition) is 4. The van der Waals surface area contributed by atoms with Crippen LogP contribution < -0.4 is 25.0 Å². The average molecular weight is 1090 g/mol. The molecule has 368 valence electrons. The maximum Gasteiger partial charge on any atom is 2.00 e. The molecule has 8 rings (SSSR count). The second-order valence-electron chi connectivity index (χ2n) is 15.4. The van der Waals surface area contributed by atoms with Gasteiger partial charge in [-0.3, -0.25) is 18.9 Å². The van der Waals surface area contributed by atoms with Gasteiger partial charge in [-0.05, 0) is 108 Å². The van der Waals surface area contributed by atoms with E-state index in [-0.39, 0.29) is 98.5 Å². The minimum absolute atomic E-state index is 0. The third-order valence-corrected chi connectivity index (χ3v) is 13.5. The standard InChI is InChI=1S/2C25H20ClN3O6S.Ca/c2*1-14-11-16(13-19(26)24(14)36(32,33)34)28-29-22-17-8-4-3-7-15(17)12-18(23(22)30)25(31)27-20-9-5-6-10-21(20)35-2;/h2*3-13,30H,1-2H3,(H,27,31)(H,32,33,34);/q;;+2/p-2. The monoisotopic (exact) mass is 1090 g/mol. The molecule has 0 heterocycles. The number of nitrogens with one attached hydrogen (secondary N) is 1. The van der Waals surface area contributed by atoms with Crippen molar-refractivity contribution in [3.63, 3.8) is 0 Å². The Morgan fingerprint density at radius 2 is 1.07 bits per heavy atom. The molecule has 0 aliphatic heterocycles. The second-order valence-corrected chi connectivity index (χ2v) is 18.9. The number of methoxy groups -OCH3 is 2. The van der Waals surface area contributed by atoms with Gasteiger partial charge in [0.2, 0.25) is 0 Å². The Kier molecular flexibility index (Phi) is 17.8. The number of ether oxygens (including phenoxy) is 2. The Morgan fingerprint density at radius 3 is 1.59 bits per heavy atom. The topological polar surface area (TPSA) is 284 Å². The Balaban J connectivity index is 0.000000235. The number of halogens is 2. The Bertz CT molecular complexity index is 3740. The van der Waals surface area contributed by atoms with Crippen molar-refractivity contribution in [2.75, 3.05) is 19.5 Å². The molecule has 8 aromatic rings. The van der Waals surface area contributed by atoms with Gasteiger partial charge in [-0.25, -0.2) is 0 Å². The number of hydrogen-bond acceptors (Lipinski definition) is 15. The zero-order valence-electron chi connectivity index (χ0n) is 38.7. The molecular weight excluding hydrogens is 1050 g/mol. The van der Waals surface area contributed by atoms with Gasteiger partial charge in [-0.1, -0.05) is 102 Å². The average Bonchev–Trinajstić information content (AvgIpc) is 3.32. The normalized spacial score (nSPS) is 11.9. The van der Waals surface area contributed by atoms with E-state index in [0.717, 1.165) is 0 Å². The summed E-state index contributed by atoms with van der Waals surface area (Å²) in [5.41, 5.74) is 1.01. The van der Waals surface area contributed by atoms with Gasteiger partial charge >= 0.3 is 37.7 Å². The first-order valence-electron chi connectivity index (χ1n) is 20.9. The van der Waals surface area contributed by atoms with Crippen molar-refractivity contribution in [3.05, 3.63) is 166 Å². The number of nitrogens with zero attached hydrogens (tertiary/aromatic N) is 5. The summed E-state index contributed by atoms with van der Waals surface area (Å²) in [5, 5.41) is 58.1. The molecule has 0 aliphatic carbocycles. The van der Waals surface area contributed by atoms with E-state index in [9.17, 15) is 46.1 Å². The SMILES string of the molecule is COc1ccccc1N=C([O-])c1cc2ccccc2c(N=Nc2cc(C)c(S(=O)(=O)O)c(Cl)c2)c1[O-].COc1ccccc1NC(=O)c1cc2ccccc2c(N=Nc2cc(C)c(S(=O)(=O)O)c(Cl)c2)c1O.[Ca+2]. The molecule has 0 bridgehead atoms. The van der Waals surface area contributed by atoms with Crippen molar-refractivity contribution in [2.45, 2.75) is 23.6 Å². The summed E-state index contributed by atoms with van der Waals surface area (Å²) in [6.07, 6.45) is 0. The smallest absolute Gasteiger partial charge is 0.871 e. The maximum atomic E-state index is 13.3. The van der Waals surface area contributed by atoms with Gasteiger partial charge in [0.1, 0.15) is 32.7 Å². The maximum absolute atomic E-state index is 13.3. The number of carbonyl (C=O) groups excluding carboxylic acids is 1. The molecule has 0 saturated carbocycles. The van der Waals surface area contributed by atoms with Gasteiger partial charge in [0.15, 0.2) is 5.75 Å². The number of fused-ring (bicyclic) bond motifs is 2. The van der Waals surface area contributed by atoms with Crippen LogP contribution in [0.15, 0.2) is 169 Å². The molecule has 0 aromatic heterocycles. The van der Waals surface area contributed by atoms with E-state index in [1.807, 2.05) is 0 Å². The predicted octanol–water partition coefficient (Wildman–Crippen LogP) is 11.0. The number of aryl methyl sites for hydroxylation is 2. The number of aromatic hydroxyl groups is 1. The number of anilines is 1. The Morgan fingerprint density at radius 1 is 0.616 bits per heavy atom. The quantitative estimate of drug-likeness (QED) is 0.0292. The third kappa shape index (κ3) is 12.7. The number of amides is 1. The molecule has 0 radical (unpaired) electrons. The van der Waals surface area contributed by atoms with Crippen molar-refractivity contribution >= 4 is 149 Å². The number of para-hydroxylation sites is 4. The summed E-state index contributed by atoms with van der Waals surface area (Å²) in [5.74, 6) is -1.62. The van der Waals surface area contributed by atoms with E-state index >= 15 is 0 Å². The van der Waals surface area contributed by atoms with Crippen molar-refractivity contribution in [3.8, 4) is 23.0 Å². The fraction of sp³-hybridized carbons (Fsp3) is 0.0800. The minimum atomic E-state index is -4.54. The molecule has 8 aromatic carbocycles. The summed E-state index contributed by atoms with van der Waals surface area (Å²) in [4.78, 5) is 16.3. The van der Waals surface area contributed by atoms with Crippen LogP contribution in [0, 0.1) is 13.8 Å². The van der Waals surface area contributed by atoms with E-state index in [4.69, 9.17) is 32.7 Å². The van der Waals surface area contributed by atoms with E-state index in [1.54, 1.807) is 97.1 Å². The molecule has 0 aliphatic rings. The summed E-state index contributed by atoms with van der Waals surface area (Å²) in [7, 11) is -6.14. The number of phenolic OH excluding ortho intramolecular Hbond substituents is 1. The first-order valence-corrected chi connectivity index (χ1v) is 24.5. The van der Waals surface area contributed by atoms with Crippen molar-refractivity contribution in [2.24, 2.45) is 25.4 Å². The van der Waals surface area contributed by atoms with Gasteiger partial charge < -0.3 is 30.1 Å². The fourth-order valence-corrected chi connectivity index (χ4v) is 10.0. The Labute approximate surface area is 457 Å². The fourth-order valence-electron chi connectivity index (χ4n) is 7.40. The zero-order valence-corrected chi connectivity index (χ0v) is 44.1. The van der Waals surface area contributed by atoms with E-state index in [2.05, 4.69) is 30.8 Å².